The fourth-order valence-electron chi connectivity index (χ4n) is 2.17. The summed E-state index contributed by atoms with van der Waals surface area (Å²) in [6.07, 6.45) is 3.72. The van der Waals surface area contributed by atoms with Crippen molar-refractivity contribution < 1.29 is 17.6 Å². The van der Waals surface area contributed by atoms with Crippen molar-refractivity contribution in [2.24, 2.45) is 0 Å². The molecule has 1 atom stereocenters. The number of sulfone groups is 1. The average Bonchev–Trinajstić information content (AvgIpc) is 2.94. The van der Waals surface area contributed by atoms with E-state index in [1.807, 2.05) is 12.1 Å². The summed E-state index contributed by atoms with van der Waals surface area (Å²) in [7, 11) is -3.07. The Kier molecular flexibility index (Phi) is 3.75. The molecule has 0 bridgehead atoms. The molecule has 2 rings (SSSR count). The van der Waals surface area contributed by atoms with Crippen LogP contribution in [0, 0.1) is 0 Å². The molecule has 1 saturated heterocycles. The number of carbonyl (C=O) groups excluding carboxylic acids is 1. The Morgan fingerprint density at radius 1 is 1.56 bits per heavy atom. The zero-order chi connectivity index (χ0) is 13.2. The maximum absolute atomic E-state index is 11.8. The molecule has 0 N–H and O–H groups in total. The standard InChI is InChI=1S/C12H17NO4S/c1-18(15,16)8-5-12(14)13-6-4-10(9-13)11-3-2-7-17-11/h2-3,7,10H,4-6,8-9H2,1H3. The number of hydrogen-bond acceptors (Lipinski definition) is 4. The zero-order valence-corrected chi connectivity index (χ0v) is 11.1. The quantitative estimate of drug-likeness (QED) is 0.820. The minimum absolute atomic E-state index is 0.0731. The van der Waals surface area contributed by atoms with Gasteiger partial charge in [0.05, 0.1) is 12.0 Å². The fourth-order valence-corrected chi connectivity index (χ4v) is 2.72. The van der Waals surface area contributed by atoms with Gasteiger partial charge >= 0.3 is 0 Å². The topological polar surface area (TPSA) is 67.6 Å². The maximum atomic E-state index is 11.8. The van der Waals surface area contributed by atoms with Crippen molar-refractivity contribution in [3.05, 3.63) is 24.2 Å². The van der Waals surface area contributed by atoms with E-state index in [0.717, 1.165) is 18.4 Å². The van der Waals surface area contributed by atoms with Crippen LogP contribution in [-0.2, 0) is 14.6 Å². The molecule has 0 aliphatic carbocycles. The number of furan rings is 1. The molecular weight excluding hydrogens is 254 g/mol. The highest BCUT2D eigenvalue weighted by atomic mass is 32.2. The molecule has 1 aliphatic heterocycles. The molecular formula is C12H17NO4S. The number of carbonyl (C=O) groups is 1. The van der Waals surface area contributed by atoms with E-state index in [0.29, 0.717) is 13.1 Å². The summed E-state index contributed by atoms with van der Waals surface area (Å²) in [4.78, 5) is 13.6. The normalized spacial score (nSPS) is 20.3. The molecule has 18 heavy (non-hydrogen) atoms. The molecule has 1 amide bonds. The Labute approximate surface area is 107 Å². The van der Waals surface area contributed by atoms with Crippen LogP contribution in [0.3, 0.4) is 0 Å². The first-order valence-electron chi connectivity index (χ1n) is 5.94. The van der Waals surface area contributed by atoms with E-state index in [9.17, 15) is 13.2 Å². The molecule has 1 aliphatic rings. The van der Waals surface area contributed by atoms with Gasteiger partial charge in [0.25, 0.3) is 0 Å². The van der Waals surface area contributed by atoms with E-state index < -0.39 is 9.84 Å². The summed E-state index contributed by atoms with van der Waals surface area (Å²) in [6, 6.07) is 3.75. The maximum Gasteiger partial charge on any atom is 0.223 e. The average molecular weight is 271 g/mol. The van der Waals surface area contributed by atoms with Gasteiger partial charge in [-0.05, 0) is 18.6 Å². The van der Waals surface area contributed by atoms with Gasteiger partial charge in [0.15, 0.2) is 0 Å². The Bertz CT molecular complexity index is 506. The first-order valence-corrected chi connectivity index (χ1v) is 8.00. The van der Waals surface area contributed by atoms with Crippen LogP contribution in [0.4, 0.5) is 0 Å². The van der Waals surface area contributed by atoms with E-state index >= 15 is 0 Å². The highest BCUT2D eigenvalue weighted by Gasteiger charge is 2.28. The van der Waals surface area contributed by atoms with Crippen molar-refractivity contribution in [1.29, 1.82) is 0 Å². The van der Waals surface area contributed by atoms with Crippen molar-refractivity contribution in [2.75, 3.05) is 25.1 Å². The Morgan fingerprint density at radius 2 is 2.33 bits per heavy atom. The van der Waals surface area contributed by atoms with Gasteiger partial charge in [0, 0.05) is 31.7 Å². The molecule has 100 valence electrons. The van der Waals surface area contributed by atoms with Crippen LogP contribution in [0.1, 0.15) is 24.5 Å². The lowest BCUT2D eigenvalue weighted by Crippen LogP contribution is -2.29. The molecule has 0 spiro atoms. The summed E-state index contributed by atoms with van der Waals surface area (Å²) < 4.78 is 27.4. The van der Waals surface area contributed by atoms with E-state index in [1.165, 1.54) is 0 Å². The predicted molar refractivity (Wildman–Crippen MR) is 67.0 cm³/mol. The van der Waals surface area contributed by atoms with Gasteiger partial charge in [-0.15, -0.1) is 0 Å². The van der Waals surface area contributed by atoms with E-state index in [-0.39, 0.29) is 24.0 Å². The van der Waals surface area contributed by atoms with E-state index in [1.54, 1.807) is 11.2 Å². The lowest BCUT2D eigenvalue weighted by atomic mass is 10.1. The van der Waals surface area contributed by atoms with Gasteiger partial charge < -0.3 is 9.32 Å². The van der Waals surface area contributed by atoms with Crippen molar-refractivity contribution in [3.8, 4) is 0 Å². The van der Waals surface area contributed by atoms with E-state index in [2.05, 4.69) is 0 Å². The summed E-state index contributed by atoms with van der Waals surface area (Å²) in [5, 5.41) is 0. The Hall–Kier alpha value is -1.30. The van der Waals surface area contributed by atoms with Gasteiger partial charge in [-0.1, -0.05) is 0 Å². The Morgan fingerprint density at radius 3 is 2.94 bits per heavy atom. The second kappa shape index (κ2) is 5.14. The molecule has 6 heteroatoms. The van der Waals surface area contributed by atoms with Gasteiger partial charge in [-0.3, -0.25) is 4.79 Å². The molecule has 1 aromatic heterocycles. The monoisotopic (exact) mass is 271 g/mol. The van der Waals surface area contributed by atoms with Crippen LogP contribution in [-0.4, -0.2) is 44.3 Å². The second-order valence-electron chi connectivity index (χ2n) is 4.72. The molecule has 1 unspecified atom stereocenters. The van der Waals surface area contributed by atoms with Crippen molar-refractivity contribution in [2.45, 2.75) is 18.8 Å². The van der Waals surface area contributed by atoms with Gasteiger partial charge in [-0.25, -0.2) is 8.42 Å². The van der Waals surface area contributed by atoms with Crippen molar-refractivity contribution in [1.82, 2.24) is 4.90 Å². The molecule has 1 aromatic rings. The fraction of sp³-hybridized carbons (Fsp3) is 0.583. The third-order valence-corrected chi connectivity index (χ3v) is 4.12. The second-order valence-corrected chi connectivity index (χ2v) is 6.98. The van der Waals surface area contributed by atoms with Crippen LogP contribution in [0.2, 0.25) is 0 Å². The Balaban J connectivity index is 1.87. The highest BCUT2D eigenvalue weighted by molar-refractivity contribution is 7.90. The van der Waals surface area contributed by atoms with Crippen molar-refractivity contribution >= 4 is 15.7 Å². The third kappa shape index (κ3) is 3.35. The van der Waals surface area contributed by atoms with Crippen LogP contribution in [0.25, 0.3) is 0 Å². The summed E-state index contributed by atoms with van der Waals surface area (Å²) >= 11 is 0. The first kappa shape index (κ1) is 13.1. The first-order chi connectivity index (χ1) is 8.46. The third-order valence-electron chi connectivity index (χ3n) is 3.17. The smallest absolute Gasteiger partial charge is 0.223 e. The van der Waals surface area contributed by atoms with Crippen LogP contribution >= 0.6 is 0 Å². The summed E-state index contributed by atoms with van der Waals surface area (Å²) in [5.74, 6) is 0.971. The number of nitrogens with zero attached hydrogens (tertiary/aromatic N) is 1. The predicted octanol–water partition coefficient (Wildman–Crippen LogP) is 1.03. The molecule has 2 heterocycles. The largest absolute Gasteiger partial charge is 0.469 e. The molecule has 1 fully saturated rings. The number of amides is 1. The summed E-state index contributed by atoms with van der Waals surface area (Å²) in [6.45, 7) is 1.30. The van der Waals surface area contributed by atoms with Gasteiger partial charge in [0.2, 0.25) is 5.91 Å². The zero-order valence-electron chi connectivity index (χ0n) is 10.3. The van der Waals surface area contributed by atoms with Gasteiger partial charge in [0.1, 0.15) is 15.6 Å². The highest BCUT2D eigenvalue weighted by Crippen LogP contribution is 2.27. The van der Waals surface area contributed by atoms with Crippen LogP contribution in [0.15, 0.2) is 22.8 Å². The molecule has 5 nitrogen and oxygen atoms in total. The number of hydrogen-bond donors (Lipinski definition) is 0. The molecule has 0 radical (unpaired) electrons. The summed E-state index contributed by atoms with van der Waals surface area (Å²) in [5.41, 5.74) is 0. The minimum Gasteiger partial charge on any atom is -0.469 e. The minimum atomic E-state index is -3.07. The van der Waals surface area contributed by atoms with Crippen LogP contribution < -0.4 is 0 Å². The van der Waals surface area contributed by atoms with Gasteiger partial charge in [-0.2, -0.15) is 0 Å². The molecule has 0 saturated carbocycles. The lowest BCUT2D eigenvalue weighted by molar-refractivity contribution is -0.129. The number of likely N-dealkylation sites (tertiary alicyclic amines) is 1. The van der Waals surface area contributed by atoms with Crippen LogP contribution in [0.5, 0.6) is 0 Å². The number of rotatable bonds is 4. The van der Waals surface area contributed by atoms with E-state index in [4.69, 9.17) is 4.42 Å². The molecule has 0 aromatic carbocycles. The lowest BCUT2D eigenvalue weighted by Gasteiger charge is -2.15. The SMILES string of the molecule is CS(=O)(=O)CCC(=O)N1CCC(c2ccco2)C1. The van der Waals surface area contributed by atoms with Crippen molar-refractivity contribution in [3.63, 3.8) is 0 Å².